The van der Waals surface area contributed by atoms with Crippen LogP contribution < -0.4 is 0 Å². The predicted octanol–water partition coefficient (Wildman–Crippen LogP) is 0.254. The topological polar surface area (TPSA) is 58.9 Å². The number of hydrogen-bond acceptors (Lipinski definition) is 3. The minimum atomic E-state index is -1.08. The zero-order valence-corrected chi connectivity index (χ0v) is 5.44. The second kappa shape index (κ2) is 3.38. The van der Waals surface area contributed by atoms with E-state index in [1.54, 1.807) is 0 Å². The standard InChI is InChI=1S/C3H6NO3P/c1-2(3(5)6)4-7-8/h8H2,1H3,(H,5,6)/b4-2-. The summed E-state index contributed by atoms with van der Waals surface area (Å²) in [6.07, 6.45) is 0. The van der Waals surface area contributed by atoms with E-state index in [2.05, 4.69) is 9.78 Å². The van der Waals surface area contributed by atoms with Gasteiger partial charge in [-0.2, -0.15) is 0 Å². The van der Waals surface area contributed by atoms with Gasteiger partial charge in [0.2, 0.25) is 0 Å². The summed E-state index contributed by atoms with van der Waals surface area (Å²) in [4.78, 5) is 9.87. The third-order valence-corrected chi connectivity index (χ3v) is 0.605. The van der Waals surface area contributed by atoms with E-state index in [0.29, 0.717) is 0 Å². The molecular formula is C3H6NO3P. The van der Waals surface area contributed by atoms with Crippen LogP contribution in [-0.4, -0.2) is 16.8 Å². The Kier molecular flexibility index (Phi) is 3.12. The van der Waals surface area contributed by atoms with Crippen LogP contribution in [0.15, 0.2) is 5.16 Å². The van der Waals surface area contributed by atoms with E-state index >= 15 is 0 Å². The molecule has 0 radical (unpaired) electrons. The molecule has 0 heterocycles. The van der Waals surface area contributed by atoms with Crippen LogP contribution in [-0.2, 0) is 9.42 Å². The maximum atomic E-state index is 9.87. The number of hydrogen-bond donors (Lipinski definition) is 1. The van der Waals surface area contributed by atoms with Crippen LogP contribution >= 0.6 is 9.47 Å². The van der Waals surface area contributed by atoms with Gasteiger partial charge in [-0.25, -0.2) is 4.79 Å². The molecule has 5 heteroatoms. The zero-order chi connectivity index (χ0) is 6.57. The summed E-state index contributed by atoms with van der Waals surface area (Å²) in [5.74, 6) is -1.08. The van der Waals surface area contributed by atoms with Gasteiger partial charge >= 0.3 is 5.97 Å². The highest BCUT2D eigenvalue weighted by Crippen LogP contribution is 1.86. The molecule has 0 aliphatic heterocycles. The zero-order valence-electron chi connectivity index (χ0n) is 4.29. The van der Waals surface area contributed by atoms with Gasteiger partial charge in [-0.1, -0.05) is 5.16 Å². The van der Waals surface area contributed by atoms with Gasteiger partial charge in [0.25, 0.3) is 0 Å². The van der Waals surface area contributed by atoms with Crippen LogP contribution in [0.5, 0.6) is 0 Å². The molecule has 0 aromatic heterocycles. The van der Waals surface area contributed by atoms with E-state index in [0.717, 1.165) is 0 Å². The number of rotatable bonds is 2. The molecular weight excluding hydrogens is 129 g/mol. The molecule has 8 heavy (non-hydrogen) atoms. The van der Waals surface area contributed by atoms with E-state index in [4.69, 9.17) is 5.11 Å². The van der Waals surface area contributed by atoms with Gasteiger partial charge in [0.15, 0.2) is 5.71 Å². The van der Waals surface area contributed by atoms with Crippen LogP contribution in [0.25, 0.3) is 0 Å². The smallest absolute Gasteiger partial charge is 0.353 e. The summed E-state index contributed by atoms with van der Waals surface area (Å²) in [5, 5.41) is 11.2. The largest absolute Gasteiger partial charge is 0.477 e. The van der Waals surface area contributed by atoms with Crippen molar-refractivity contribution >= 4 is 21.1 Å². The minimum absolute atomic E-state index is 0.0694. The molecule has 0 spiro atoms. The summed E-state index contributed by atoms with van der Waals surface area (Å²) in [6, 6.07) is 0. The predicted molar refractivity (Wildman–Crippen MR) is 31.5 cm³/mol. The average Bonchev–Trinajstić information content (AvgIpc) is 1.67. The Labute approximate surface area is 48.8 Å². The number of carboxylic acids is 1. The Morgan fingerprint density at radius 1 is 1.88 bits per heavy atom. The summed E-state index contributed by atoms with van der Waals surface area (Å²) in [6.45, 7) is 1.34. The monoisotopic (exact) mass is 135 g/mol. The Balaban J connectivity index is 3.80. The highest BCUT2D eigenvalue weighted by atomic mass is 31.0. The van der Waals surface area contributed by atoms with Gasteiger partial charge in [-0.15, -0.1) is 0 Å². The first-order chi connectivity index (χ1) is 3.68. The first-order valence-electron chi connectivity index (χ1n) is 1.82. The second-order valence-corrected chi connectivity index (χ2v) is 1.30. The van der Waals surface area contributed by atoms with Crippen LogP contribution in [0, 0.1) is 0 Å². The quantitative estimate of drug-likeness (QED) is 0.335. The molecule has 4 nitrogen and oxygen atoms in total. The molecule has 0 saturated carbocycles. The summed E-state index contributed by atoms with van der Waals surface area (Å²) >= 11 is 0. The average molecular weight is 135 g/mol. The van der Waals surface area contributed by atoms with Crippen molar-refractivity contribution < 1.29 is 14.5 Å². The Hall–Kier alpha value is -0.630. The Morgan fingerprint density at radius 3 is 2.50 bits per heavy atom. The van der Waals surface area contributed by atoms with E-state index in [1.807, 2.05) is 9.47 Å². The molecule has 1 N–H and O–H groups in total. The van der Waals surface area contributed by atoms with Crippen molar-refractivity contribution in [2.24, 2.45) is 5.16 Å². The van der Waals surface area contributed by atoms with Crippen molar-refractivity contribution in [1.82, 2.24) is 0 Å². The molecule has 0 aliphatic carbocycles. The van der Waals surface area contributed by atoms with E-state index in [1.165, 1.54) is 6.92 Å². The molecule has 1 atom stereocenters. The highest BCUT2D eigenvalue weighted by Gasteiger charge is 1.99. The van der Waals surface area contributed by atoms with Crippen LogP contribution in [0.4, 0.5) is 0 Å². The first-order valence-corrected chi connectivity index (χ1v) is 2.29. The van der Waals surface area contributed by atoms with E-state index < -0.39 is 5.97 Å². The molecule has 0 aromatic rings. The fourth-order valence-corrected chi connectivity index (χ4v) is 0.276. The molecule has 46 valence electrons. The maximum absolute atomic E-state index is 9.87. The van der Waals surface area contributed by atoms with Crippen molar-refractivity contribution in [3.63, 3.8) is 0 Å². The van der Waals surface area contributed by atoms with Crippen molar-refractivity contribution in [2.75, 3.05) is 0 Å². The molecule has 0 saturated heterocycles. The van der Waals surface area contributed by atoms with Gasteiger partial charge in [0.05, 0.1) is 9.47 Å². The lowest BCUT2D eigenvalue weighted by molar-refractivity contribution is -0.129. The number of nitrogens with zero attached hydrogens (tertiary/aromatic N) is 1. The normalized spacial score (nSPS) is 11.0. The number of carbonyl (C=O) groups is 1. The fourth-order valence-electron chi connectivity index (χ4n) is 0.118. The molecule has 0 fully saturated rings. The number of aliphatic carboxylic acids is 1. The maximum Gasteiger partial charge on any atom is 0.353 e. The van der Waals surface area contributed by atoms with Gasteiger partial charge in [-0.3, -0.25) is 0 Å². The number of carboxylic acid groups (broad SMARTS) is 1. The van der Waals surface area contributed by atoms with Crippen molar-refractivity contribution in [3.8, 4) is 0 Å². The van der Waals surface area contributed by atoms with Crippen molar-refractivity contribution in [2.45, 2.75) is 6.92 Å². The lowest BCUT2D eigenvalue weighted by atomic mass is 10.4. The lowest BCUT2D eigenvalue weighted by Crippen LogP contribution is -2.07. The third-order valence-electron chi connectivity index (χ3n) is 0.499. The summed E-state index contributed by atoms with van der Waals surface area (Å²) in [7, 11) is 1.82. The molecule has 0 amide bonds. The van der Waals surface area contributed by atoms with Gasteiger partial charge in [-0.05, 0) is 6.92 Å². The Bertz CT molecular complexity index is 122. The third kappa shape index (κ3) is 2.53. The minimum Gasteiger partial charge on any atom is -0.477 e. The van der Waals surface area contributed by atoms with Gasteiger partial charge < -0.3 is 9.73 Å². The molecule has 1 unspecified atom stereocenters. The lowest BCUT2D eigenvalue weighted by Gasteiger charge is -1.87. The van der Waals surface area contributed by atoms with E-state index in [9.17, 15) is 4.79 Å². The molecule has 0 rings (SSSR count). The molecule has 0 bridgehead atoms. The van der Waals surface area contributed by atoms with Crippen LogP contribution in [0.3, 0.4) is 0 Å². The van der Waals surface area contributed by atoms with Crippen LogP contribution in [0.2, 0.25) is 0 Å². The fraction of sp³-hybridized carbons (Fsp3) is 0.333. The SMILES string of the molecule is C/C(=N/OP)C(=O)O. The second-order valence-electron chi connectivity index (χ2n) is 1.09. The van der Waals surface area contributed by atoms with Gasteiger partial charge in [0, 0.05) is 0 Å². The summed E-state index contributed by atoms with van der Waals surface area (Å²) in [5.41, 5.74) is -0.0694. The molecule has 0 aromatic carbocycles. The summed E-state index contributed by atoms with van der Waals surface area (Å²) < 4.78 is 4.09. The Morgan fingerprint density at radius 2 is 2.38 bits per heavy atom. The van der Waals surface area contributed by atoms with Gasteiger partial charge in [0.1, 0.15) is 0 Å². The van der Waals surface area contributed by atoms with E-state index in [-0.39, 0.29) is 5.71 Å². The van der Waals surface area contributed by atoms with Crippen LogP contribution in [0.1, 0.15) is 6.92 Å². The number of oxime groups is 1. The molecule has 0 aliphatic rings. The highest BCUT2D eigenvalue weighted by molar-refractivity contribution is 7.09. The van der Waals surface area contributed by atoms with Crippen molar-refractivity contribution in [1.29, 1.82) is 0 Å². The first kappa shape index (κ1) is 7.37. The van der Waals surface area contributed by atoms with Crippen molar-refractivity contribution in [3.05, 3.63) is 0 Å².